The van der Waals surface area contributed by atoms with Crippen LogP contribution in [0, 0.1) is 12.8 Å². The molecule has 1 aromatic heterocycles. The lowest BCUT2D eigenvalue weighted by Crippen LogP contribution is -2.25. The van der Waals surface area contributed by atoms with Crippen LogP contribution in [0.1, 0.15) is 30.5 Å². The van der Waals surface area contributed by atoms with Crippen LogP contribution in [0.15, 0.2) is 12.2 Å². The summed E-state index contributed by atoms with van der Waals surface area (Å²) in [4.78, 5) is 12.1. The van der Waals surface area contributed by atoms with Crippen LogP contribution >= 0.6 is 0 Å². The number of aromatic nitrogens is 2. The molecule has 4 nitrogen and oxygen atoms in total. The summed E-state index contributed by atoms with van der Waals surface area (Å²) in [7, 11) is 1.39. The smallest absolute Gasteiger partial charge is 0.310 e. The van der Waals surface area contributed by atoms with E-state index in [2.05, 4.69) is 10.4 Å². The molecular formula is C13H16F3N3O. The molecule has 0 saturated heterocycles. The van der Waals surface area contributed by atoms with E-state index < -0.39 is 11.9 Å². The molecule has 2 rings (SSSR count). The van der Waals surface area contributed by atoms with E-state index in [1.807, 2.05) is 12.2 Å². The highest BCUT2D eigenvalue weighted by atomic mass is 19.4. The summed E-state index contributed by atoms with van der Waals surface area (Å²) in [6.45, 7) is 1.31. The van der Waals surface area contributed by atoms with E-state index in [1.165, 1.54) is 14.0 Å². The maximum absolute atomic E-state index is 12.7. The predicted octanol–water partition coefficient (Wildman–Crippen LogP) is 3.04. The SMILES string of the molecule is Cc1c(C(F)(F)F)nn(C)c1NC(=O)[C@@H]1CC=CCC1. The monoisotopic (exact) mass is 287 g/mol. The summed E-state index contributed by atoms with van der Waals surface area (Å²) in [5, 5.41) is 6.01. The van der Waals surface area contributed by atoms with Crippen molar-refractivity contribution in [1.82, 2.24) is 9.78 Å². The molecule has 20 heavy (non-hydrogen) atoms. The summed E-state index contributed by atoms with van der Waals surface area (Å²) < 4.78 is 39.3. The highest BCUT2D eigenvalue weighted by molar-refractivity contribution is 5.92. The molecule has 0 bridgehead atoms. The van der Waals surface area contributed by atoms with Crippen molar-refractivity contribution in [3.05, 3.63) is 23.4 Å². The van der Waals surface area contributed by atoms with Gasteiger partial charge in [0.25, 0.3) is 0 Å². The van der Waals surface area contributed by atoms with Crippen molar-refractivity contribution in [3.63, 3.8) is 0 Å². The summed E-state index contributed by atoms with van der Waals surface area (Å²) in [6.07, 6.45) is 1.56. The third kappa shape index (κ3) is 2.86. The molecule has 1 aliphatic rings. The lowest BCUT2D eigenvalue weighted by Gasteiger charge is -2.17. The Balaban J connectivity index is 2.19. The minimum absolute atomic E-state index is 0.0558. The Morgan fingerprint density at radius 3 is 2.65 bits per heavy atom. The number of carbonyl (C=O) groups excluding carboxylic acids is 1. The first-order valence-electron chi connectivity index (χ1n) is 6.37. The fourth-order valence-corrected chi connectivity index (χ4v) is 2.32. The molecule has 0 radical (unpaired) electrons. The third-order valence-corrected chi connectivity index (χ3v) is 3.43. The van der Waals surface area contributed by atoms with E-state index in [-0.39, 0.29) is 23.2 Å². The summed E-state index contributed by atoms with van der Waals surface area (Å²) >= 11 is 0. The van der Waals surface area contributed by atoms with E-state index in [4.69, 9.17) is 0 Å². The van der Waals surface area contributed by atoms with Crippen LogP contribution in [0.5, 0.6) is 0 Å². The zero-order chi connectivity index (χ0) is 14.9. The molecule has 1 aliphatic carbocycles. The summed E-state index contributed by atoms with van der Waals surface area (Å²) in [5.74, 6) is -0.338. The van der Waals surface area contributed by atoms with Crippen molar-refractivity contribution in [2.45, 2.75) is 32.4 Å². The molecule has 0 saturated carbocycles. The average Bonchev–Trinajstić information content (AvgIpc) is 2.67. The Hall–Kier alpha value is -1.79. The van der Waals surface area contributed by atoms with Crippen LogP contribution in [0.25, 0.3) is 0 Å². The largest absolute Gasteiger partial charge is 0.435 e. The molecule has 1 heterocycles. The highest BCUT2D eigenvalue weighted by Gasteiger charge is 2.37. The van der Waals surface area contributed by atoms with Crippen LogP contribution in [-0.2, 0) is 18.0 Å². The topological polar surface area (TPSA) is 46.9 Å². The van der Waals surface area contributed by atoms with Gasteiger partial charge in [-0.2, -0.15) is 18.3 Å². The number of carbonyl (C=O) groups is 1. The van der Waals surface area contributed by atoms with Gasteiger partial charge in [0.05, 0.1) is 0 Å². The fourth-order valence-electron chi connectivity index (χ4n) is 2.32. The number of amides is 1. The Labute approximate surface area is 114 Å². The van der Waals surface area contributed by atoms with Gasteiger partial charge in [-0.25, -0.2) is 0 Å². The first kappa shape index (κ1) is 14.6. The third-order valence-electron chi connectivity index (χ3n) is 3.43. The molecule has 0 aromatic carbocycles. The second-order valence-electron chi connectivity index (χ2n) is 4.91. The van der Waals surface area contributed by atoms with E-state index >= 15 is 0 Å². The molecule has 110 valence electrons. The first-order valence-corrected chi connectivity index (χ1v) is 6.37. The fraction of sp³-hybridized carbons (Fsp3) is 0.538. The average molecular weight is 287 g/mol. The van der Waals surface area contributed by atoms with Gasteiger partial charge in [0.2, 0.25) is 5.91 Å². The lowest BCUT2D eigenvalue weighted by molar-refractivity contribution is -0.141. The van der Waals surface area contributed by atoms with Crippen molar-refractivity contribution < 1.29 is 18.0 Å². The number of rotatable bonds is 2. The number of anilines is 1. The molecule has 0 aliphatic heterocycles. The zero-order valence-corrected chi connectivity index (χ0v) is 11.3. The zero-order valence-electron chi connectivity index (χ0n) is 11.3. The summed E-state index contributed by atoms with van der Waals surface area (Å²) in [5.41, 5.74) is -1.02. The van der Waals surface area contributed by atoms with Crippen molar-refractivity contribution in [2.24, 2.45) is 13.0 Å². The standard InChI is InChI=1S/C13H16F3N3O/c1-8-10(13(14,15)16)18-19(2)11(8)17-12(20)9-6-4-3-5-7-9/h3-4,9H,5-7H2,1-2H3,(H,17,20)/t9-/m1/s1. The molecular weight excluding hydrogens is 271 g/mol. The van der Waals surface area contributed by atoms with Gasteiger partial charge in [-0.05, 0) is 26.2 Å². The van der Waals surface area contributed by atoms with Crippen molar-refractivity contribution in [3.8, 4) is 0 Å². The second kappa shape index (κ2) is 5.30. The van der Waals surface area contributed by atoms with Crippen LogP contribution in [-0.4, -0.2) is 15.7 Å². The van der Waals surface area contributed by atoms with Gasteiger partial charge in [-0.1, -0.05) is 12.2 Å². The number of nitrogens with zero attached hydrogens (tertiary/aromatic N) is 2. The number of alkyl halides is 3. The van der Waals surface area contributed by atoms with E-state index in [9.17, 15) is 18.0 Å². The Morgan fingerprint density at radius 1 is 1.45 bits per heavy atom. The Bertz CT molecular complexity index is 546. The maximum atomic E-state index is 12.7. The number of nitrogens with one attached hydrogen (secondary N) is 1. The van der Waals surface area contributed by atoms with Crippen LogP contribution in [0.2, 0.25) is 0 Å². The van der Waals surface area contributed by atoms with E-state index in [0.717, 1.165) is 11.1 Å². The Morgan fingerprint density at radius 2 is 2.15 bits per heavy atom. The lowest BCUT2D eigenvalue weighted by atomic mass is 9.93. The number of hydrogen-bond donors (Lipinski definition) is 1. The molecule has 0 spiro atoms. The molecule has 0 unspecified atom stereocenters. The molecule has 0 fully saturated rings. The normalized spacial score (nSPS) is 19.1. The predicted molar refractivity (Wildman–Crippen MR) is 68.1 cm³/mol. The number of halogens is 3. The highest BCUT2D eigenvalue weighted by Crippen LogP contribution is 2.34. The molecule has 7 heteroatoms. The van der Waals surface area contributed by atoms with Crippen LogP contribution < -0.4 is 5.32 Å². The molecule has 1 atom stereocenters. The van der Waals surface area contributed by atoms with Gasteiger partial charge >= 0.3 is 6.18 Å². The van der Waals surface area contributed by atoms with E-state index in [0.29, 0.717) is 12.8 Å². The van der Waals surface area contributed by atoms with Gasteiger partial charge in [0.1, 0.15) is 5.82 Å². The van der Waals surface area contributed by atoms with Gasteiger partial charge in [0, 0.05) is 18.5 Å². The van der Waals surface area contributed by atoms with Gasteiger partial charge in [-0.15, -0.1) is 0 Å². The van der Waals surface area contributed by atoms with Gasteiger partial charge in [0.15, 0.2) is 5.69 Å². The van der Waals surface area contributed by atoms with Crippen molar-refractivity contribution in [2.75, 3.05) is 5.32 Å². The quantitative estimate of drug-likeness (QED) is 0.850. The number of allylic oxidation sites excluding steroid dienone is 2. The van der Waals surface area contributed by atoms with E-state index in [1.54, 1.807) is 0 Å². The van der Waals surface area contributed by atoms with Crippen molar-refractivity contribution in [1.29, 1.82) is 0 Å². The minimum Gasteiger partial charge on any atom is -0.310 e. The van der Waals surface area contributed by atoms with Gasteiger partial charge in [-0.3, -0.25) is 9.48 Å². The molecule has 1 amide bonds. The number of aryl methyl sites for hydroxylation is 1. The minimum atomic E-state index is -4.52. The van der Waals surface area contributed by atoms with Crippen molar-refractivity contribution >= 4 is 11.7 Å². The maximum Gasteiger partial charge on any atom is 0.435 e. The molecule has 1 N–H and O–H groups in total. The number of hydrogen-bond acceptors (Lipinski definition) is 2. The first-order chi connectivity index (χ1) is 9.30. The Kier molecular flexibility index (Phi) is 3.87. The van der Waals surface area contributed by atoms with Crippen LogP contribution in [0.3, 0.4) is 0 Å². The van der Waals surface area contributed by atoms with Gasteiger partial charge < -0.3 is 5.32 Å². The van der Waals surface area contributed by atoms with Crippen LogP contribution in [0.4, 0.5) is 19.0 Å². The summed E-state index contributed by atoms with van der Waals surface area (Å²) in [6, 6.07) is 0. The second-order valence-corrected chi connectivity index (χ2v) is 4.91. The molecule has 1 aromatic rings.